The van der Waals surface area contributed by atoms with E-state index in [1.165, 1.54) is 0 Å². The van der Waals surface area contributed by atoms with Crippen molar-refractivity contribution in [2.45, 2.75) is 33.7 Å². The Morgan fingerprint density at radius 2 is 1.67 bits per heavy atom. The van der Waals surface area contributed by atoms with Crippen LogP contribution in [0.4, 0.5) is 14.5 Å². The van der Waals surface area contributed by atoms with Gasteiger partial charge in [0.2, 0.25) is 0 Å². The lowest BCUT2D eigenvalue weighted by Gasteiger charge is -2.31. The molecule has 0 aromatic heterocycles. The Bertz CT molecular complexity index is 438. The minimum absolute atomic E-state index is 0.00185. The van der Waals surface area contributed by atoms with E-state index in [4.69, 9.17) is 5.26 Å². The molecular formula is C14H18F2N2. The van der Waals surface area contributed by atoms with Gasteiger partial charge in [-0.1, -0.05) is 13.8 Å². The first-order chi connectivity index (χ1) is 8.36. The molecule has 0 aliphatic carbocycles. The van der Waals surface area contributed by atoms with Gasteiger partial charge in [0.25, 0.3) is 0 Å². The highest BCUT2D eigenvalue weighted by Crippen LogP contribution is 2.27. The SMILES string of the molecule is CC(C)CN(c1c(F)cc(C#N)cc1F)C(C)C. The number of hydrogen-bond donors (Lipinski definition) is 0. The number of halogens is 2. The van der Waals surface area contributed by atoms with E-state index in [9.17, 15) is 8.78 Å². The van der Waals surface area contributed by atoms with Gasteiger partial charge in [-0.3, -0.25) is 0 Å². The summed E-state index contributed by atoms with van der Waals surface area (Å²) >= 11 is 0. The maximum Gasteiger partial charge on any atom is 0.150 e. The van der Waals surface area contributed by atoms with Crippen LogP contribution in [0.25, 0.3) is 0 Å². The van der Waals surface area contributed by atoms with Crippen LogP contribution < -0.4 is 4.90 Å². The van der Waals surface area contributed by atoms with E-state index in [0.717, 1.165) is 12.1 Å². The van der Waals surface area contributed by atoms with Crippen molar-refractivity contribution in [2.24, 2.45) is 5.92 Å². The van der Waals surface area contributed by atoms with Crippen LogP contribution in [0.5, 0.6) is 0 Å². The first-order valence-corrected chi connectivity index (χ1v) is 6.02. The average Bonchev–Trinajstić information content (AvgIpc) is 2.25. The quantitative estimate of drug-likeness (QED) is 0.816. The fourth-order valence-corrected chi connectivity index (χ4v) is 1.86. The van der Waals surface area contributed by atoms with Crippen LogP contribution in [0.15, 0.2) is 12.1 Å². The van der Waals surface area contributed by atoms with Crippen molar-refractivity contribution >= 4 is 5.69 Å². The second kappa shape index (κ2) is 5.81. The third-order valence-electron chi connectivity index (χ3n) is 2.62. The van der Waals surface area contributed by atoms with Gasteiger partial charge in [0.1, 0.15) is 5.69 Å². The Hall–Kier alpha value is -1.63. The van der Waals surface area contributed by atoms with Gasteiger partial charge >= 0.3 is 0 Å². The van der Waals surface area contributed by atoms with Crippen LogP contribution in [0.1, 0.15) is 33.3 Å². The number of benzene rings is 1. The highest BCUT2D eigenvalue weighted by Gasteiger charge is 2.21. The average molecular weight is 252 g/mol. The zero-order valence-corrected chi connectivity index (χ0v) is 11.2. The third-order valence-corrected chi connectivity index (χ3v) is 2.62. The van der Waals surface area contributed by atoms with E-state index < -0.39 is 11.6 Å². The molecule has 0 unspecified atom stereocenters. The van der Waals surface area contributed by atoms with E-state index in [1.54, 1.807) is 11.0 Å². The van der Waals surface area contributed by atoms with E-state index >= 15 is 0 Å². The summed E-state index contributed by atoms with van der Waals surface area (Å²) in [6.45, 7) is 8.33. The molecule has 1 aromatic rings. The molecular weight excluding hydrogens is 234 g/mol. The molecule has 0 atom stereocenters. The van der Waals surface area contributed by atoms with Gasteiger partial charge in [-0.15, -0.1) is 0 Å². The molecule has 2 nitrogen and oxygen atoms in total. The van der Waals surface area contributed by atoms with Crippen LogP contribution in [0.3, 0.4) is 0 Å². The molecule has 0 aliphatic heterocycles. The van der Waals surface area contributed by atoms with E-state index in [-0.39, 0.29) is 17.3 Å². The van der Waals surface area contributed by atoms with Gasteiger partial charge in [0, 0.05) is 12.6 Å². The molecule has 0 saturated heterocycles. The Kier molecular flexibility index (Phi) is 4.66. The van der Waals surface area contributed by atoms with Crippen molar-refractivity contribution < 1.29 is 8.78 Å². The predicted octanol–water partition coefficient (Wildman–Crippen LogP) is 3.71. The standard InChI is InChI=1S/C14H18F2N2/c1-9(2)8-18(10(3)4)14-12(15)5-11(7-17)6-13(14)16/h5-6,9-10H,8H2,1-4H3. The summed E-state index contributed by atoms with van der Waals surface area (Å²) in [5, 5.41) is 8.67. The molecule has 0 bridgehead atoms. The smallest absolute Gasteiger partial charge is 0.150 e. The Labute approximate surface area is 107 Å². The maximum absolute atomic E-state index is 13.9. The lowest BCUT2D eigenvalue weighted by atomic mass is 10.1. The first-order valence-electron chi connectivity index (χ1n) is 6.02. The fraction of sp³-hybridized carbons (Fsp3) is 0.500. The van der Waals surface area contributed by atoms with Crippen molar-refractivity contribution in [1.29, 1.82) is 5.26 Å². The topological polar surface area (TPSA) is 27.0 Å². The number of hydrogen-bond acceptors (Lipinski definition) is 2. The summed E-state index contributed by atoms with van der Waals surface area (Å²) in [7, 11) is 0. The van der Waals surface area contributed by atoms with Crippen LogP contribution in [0, 0.1) is 28.9 Å². The molecule has 0 fully saturated rings. The summed E-state index contributed by atoms with van der Waals surface area (Å²) in [4.78, 5) is 1.69. The van der Waals surface area contributed by atoms with Gasteiger partial charge in [0.05, 0.1) is 11.6 Å². The number of nitriles is 1. The van der Waals surface area contributed by atoms with Crippen LogP contribution >= 0.6 is 0 Å². The highest BCUT2D eigenvalue weighted by atomic mass is 19.1. The summed E-state index contributed by atoms with van der Waals surface area (Å²) in [6.07, 6.45) is 0. The van der Waals surface area contributed by atoms with Crippen molar-refractivity contribution in [3.05, 3.63) is 29.3 Å². The van der Waals surface area contributed by atoms with Gasteiger partial charge in [-0.05, 0) is 31.9 Å². The molecule has 0 spiro atoms. The highest BCUT2D eigenvalue weighted by molar-refractivity contribution is 5.53. The van der Waals surface area contributed by atoms with Crippen LogP contribution in [-0.4, -0.2) is 12.6 Å². The Balaban J connectivity index is 3.25. The fourth-order valence-electron chi connectivity index (χ4n) is 1.86. The van der Waals surface area contributed by atoms with E-state index in [2.05, 4.69) is 0 Å². The van der Waals surface area contributed by atoms with Gasteiger partial charge < -0.3 is 4.90 Å². The zero-order valence-electron chi connectivity index (χ0n) is 11.2. The van der Waals surface area contributed by atoms with Crippen LogP contribution in [0.2, 0.25) is 0 Å². The summed E-state index contributed by atoms with van der Waals surface area (Å²) in [5.74, 6) is -1.07. The molecule has 98 valence electrons. The molecule has 1 rings (SSSR count). The number of nitrogens with zero attached hydrogens (tertiary/aromatic N) is 2. The van der Waals surface area contributed by atoms with Crippen molar-refractivity contribution in [3.63, 3.8) is 0 Å². The number of rotatable bonds is 4. The molecule has 0 radical (unpaired) electrons. The third kappa shape index (κ3) is 3.19. The maximum atomic E-state index is 13.9. The normalized spacial score (nSPS) is 10.8. The first kappa shape index (κ1) is 14.4. The molecule has 0 amide bonds. The van der Waals surface area contributed by atoms with E-state index in [1.807, 2.05) is 27.7 Å². The number of anilines is 1. The summed E-state index contributed by atoms with van der Waals surface area (Å²) in [5.41, 5.74) is -0.0419. The van der Waals surface area contributed by atoms with Gasteiger partial charge in [-0.25, -0.2) is 8.78 Å². The minimum atomic E-state index is -0.680. The van der Waals surface area contributed by atoms with Gasteiger partial charge in [-0.2, -0.15) is 5.26 Å². The van der Waals surface area contributed by atoms with Crippen LogP contribution in [-0.2, 0) is 0 Å². The molecule has 1 aromatic carbocycles. The lowest BCUT2D eigenvalue weighted by molar-refractivity contribution is 0.523. The molecule has 0 heterocycles. The van der Waals surface area contributed by atoms with Crippen molar-refractivity contribution in [2.75, 3.05) is 11.4 Å². The zero-order chi connectivity index (χ0) is 13.9. The summed E-state index contributed by atoms with van der Waals surface area (Å²) in [6, 6.07) is 3.89. The second-order valence-electron chi connectivity index (χ2n) is 5.04. The summed E-state index contributed by atoms with van der Waals surface area (Å²) < 4.78 is 27.9. The molecule has 18 heavy (non-hydrogen) atoms. The predicted molar refractivity (Wildman–Crippen MR) is 68.4 cm³/mol. The van der Waals surface area contributed by atoms with Crippen molar-refractivity contribution in [1.82, 2.24) is 0 Å². The largest absolute Gasteiger partial charge is 0.364 e. The second-order valence-corrected chi connectivity index (χ2v) is 5.04. The van der Waals surface area contributed by atoms with Crippen molar-refractivity contribution in [3.8, 4) is 6.07 Å². The Morgan fingerprint density at radius 3 is 2.00 bits per heavy atom. The van der Waals surface area contributed by atoms with E-state index in [0.29, 0.717) is 12.5 Å². The monoisotopic (exact) mass is 252 g/mol. The molecule has 0 N–H and O–H groups in total. The minimum Gasteiger partial charge on any atom is -0.364 e. The molecule has 0 aliphatic rings. The van der Waals surface area contributed by atoms with Gasteiger partial charge in [0.15, 0.2) is 11.6 Å². The molecule has 4 heteroatoms. The Morgan fingerprint density at radius 1 is 1.17 bits per heavy atom. The lowest BCUT2D eigenvalue weighted by Crippen LogP contribution is -2.35. The molecule has 0 saturated carbocycles.